The number of imide groups is 1. The van der Waals surface area contributed by atoms with Gasteiger partial charge in [-0.1, -0.05) is 69.2 Å². The average molecular weight is 576 g/mol. The van der Waals surface area contributed by atoms with E-state index >= 15 is 0 Å². The summed E-state index contributed by atoms with van der Waals surface area (Å²) >= 11 is 0. The first-order chi connectivity index (χ1) is 20.2. The lowest BCUT2D eigenvalue weighted by molar-refractivity contribution is -0.191. The normalized spacial score (nSPS) is 16.4. The van der Waals surface area contributed by atoms with Crippen molar-refractivity contribution >= 4 is 17.9 Å². The molecule has 1 saturated heterocycles. The van der Waals surface area contributed by atoms with Crippen LogP contribution >= 0.6 is 0 Å². The minimum Gasteiger partial charge on any atom is -0.469 e. The van der Waals surface area contributed by atoms with Gasteiger partial charge in [0.2, 0.25) is 5.91 Å². The second-order valence-corrected chi connectivity index (χ2v) is 10.7. The molecule has 0 aliphatic carbocycles. The van der Waals surface area contributed by atoms with Crippen LogP contribution in [0.15, 0.2) is 73.8 Å². The van der Waals surface area contributed by atoms with Gasteiger partial charge < -0.3 is 14.8 Å². The number of carbonyl (C=O) groups is 3. The standard InChI is InChI=1S/C34H45N3O5/c1-7-12-29(26-15-13-25(6)14-16-26)35-33(40)37-31(39)34(10-4,11-5)32(37)42-28-19-17-27(18-20-28)30(38)41-24-23-36(21-8-2)22-9-3/h8-9,13-20,29,32H,2-3,7,10-12,21-24H2,1,4-6H3,(H,35,40)/t29-,32-/m0/s1. The van der Waals surface area contributed by atoms with Gasteiger partial charge in [0.05, 0.1) is 11.6 Å². The Hall–Kier alpha value is -3.91. The van der Waals surface area contributed by atoms with E-state index in [-0.39, 0.29) is 18.6 Å². The Balaban J connectivity index is 1.70. The third-order valence-corrected chi connectivity index (χ3v) is 7.94. The Labute approximate surface area is 250 Å². The summed E-state index contributed by atoms with van der Waals surface area (Å²) in [5.41, 5.74) is 1.72. The summed E-state index contributed by atoms with van der Waals surface area (Å²) in [4.78, 5) is 42.7. The van der Waals surface area contributed by atoms with E-state index in [0.717, 1.165) is 24.0 Å². The van der Waals surface area contributed by atoms with Crippen molar-refractivity contribution in [2.75, 3.05) is 26.2 Å². The van der Waals surface area contributed by atoms with Crippen LogP contribution in [0, 0.1) is 12.3 Å². The van der Waals surface area contributed by atoms with Crippen LogP contribution in [0.2, 0.25) is 0 Å². The van der Waals surface area contributed by atoms with Crippen molar-refractivity contribution < 1.29 is 23.9 Å². The number of esters is 1. The third kappa shape index (κ3) is 7.48. The lowest BCUT2D eigenvalue weighted by Crippen LogP contribution is -2.73. The van der Waals surface area contributed by atoms with E-state index in [1.54, 1.807) is 36.4 Å². The van der Waals surface area contributed by atoms with E-state index in [0.29, 0.717) is 43.8 Å². The Bertz CT molecular complexity index is 1210. The lowest BCUT2D eigenvalue weighted by Gasteiger charge is -2.53. The van der Waals surface area contributed by atoms with Crippen LogP contribution in [0.25, 0.3) is 0 Å². The molecule has 0 radical (unpaired) electrons. The van der Waals surface area contributed by atoms with E-state index in [2.05, 4.69) is 30.3 Å². The van der Waals surface area contributed by atoms with Crippen molar-refractivity contribution in [2.45, 2.75) is 65.6 Å². The van der Waals surface area contributed by atoms with Crippen LogP contribution in [0.3, 0.4) is 0 Å². The fraction of sp³-hybridized carbons (Fsp3) is 0.441. The zero-order chi connectivity index (χ0) is 30.7. The molecule has 1 heterocycles. The lowest BCUT2D eigenvalue weighted by atomic mass is 9.72. The van der Waals surface area contributed by atoms with E-state index in [1.807, 2.05) is 45.0 Å². The van der Waals surface area contributed by atoms with Crippen molar-refractivity contribution in [1.29, 1.82) is 0 Å². The van der Waals surface area contributed by atoms with E-state index < -0.39 is 23.6 Å². The number of nitrogens with one attached hydrogen (secondary N) is 1. The maximum atomic E-state index is 13.5. The van der Waals surface area contributed by atoms with Gasteiger partial charge in [0.25, 0.3) is 0 Å². The molecular formula is C34H45N3O5. The number of carbonyl (C=O) groups excluding carboxylic acids is 3. The number of ether oxygens (including phenoxy) is 2. The quantitative estimate of drug-likeness (QED) is 0.141. The van der Waals surface area contributed by atoms with E-state index in [1.165, 1.54) is 4.90 Å². The van der Waals surface area contributed by atoms with Crippen LogP contribution in [0.1, 0.15) is 74.0 Å². The second-order valence-electron chi connectivity index (χ2n) is 10.7. The van der Waals surface area contributed by atoms with Crippen LogP contribution in [-0.4, -0.2) is 60.2 Å². The van der Waals surface area contributed by atoms with Crippen LogP contribution in [0.5, 0.6) is 5.75 Å². The third-order valence-electron chi connectivity index (χ3n) is 7.94. The van der Waals surface area contributed by atoms with E-state index in [9.17, 15) is 14.4 Å². The molecule has 2 aromatic rings. The van der Waals surface area contributed by atoms with Gasteiger partial charge in [-0.25, -0.2) is 14.5 Å². The molecule has 0 spiro atoms. The molecule has 226 valence electrons. The van der Waals surface area contributed by atoms with Gasteiger partial charge in [-0.05, 0) is 56.0 Å². The molecule has 42 heavy (non-hydrogen) atoms. The zero-order valence-electron chi connectivity index (χ0n) is 25.4. The molecule has 2 aromatic carbocycles. The van der Waals surface area contributed by atoms with E-state index in [4.69, 9.17) is 9.47 Å². The summed E-state index contributed by atoms with van der Waals surface area (Å²) in [6, 6.07) is 14.0. The Morgan fingerprint density at radius 1 is 1.02 bits per heavy atom. The first kappa shape index (κ1) is 32.6. The van der Waals surface area contributed by atoms with Gasteiger partial charge in [-0.3, -0.25) is 9.69 Å². The molecule has 0 unspecified atom stereocenters. The van der Waals surface area contributed by atoms with Gasteiger partial charge >= 0.3 is 12.0 Å². The van der Waals surface area contributed by atoms with Gasteiger partial charge in [0.1, 0.15) is 17.8 Å². The highest BCUT2D eigenvalue weighted by Gasteiger charge is 2.63. The van der Waals surface area contributed by atoms with Crippen molar-refractivity contribution in [3.8, 4) is 5.75 Å². The maximum absolute atomic E-state index is 13.5. The van der Waals surface area contributed by atoms with Crippen molar-refractivity contribution in [3.05, 3.63) is 90.5 Å². The summed E-state index contributed by atoms with van der Waals surface area (Å²) in [6.45, 7) is 17.6. The summed E-state index contributed by atoms with van der Waals surface area (Å²) in [5, 5.41) is 3.07. The number of likely N-dealkylation sites (tertiary alicyclic amines) is 1. The van der Waals surface area contributed by atoms with Crippen LogP contribution in [-0.2, 0) is 9.53 Å². The average Bonchev–Trinajstić information content (AvgIpc) is 2.98. The highest BCUT2D eigenvalue weighted by atomic mass is 16.5. The minimum atomic E-state index is -0.804. The molecule has 1 N–H and O–H groups in total. The first-order valence-corrected chi connectivity index (χ1v) is 14.8. The van der Waals surface area contributed by atoms with Gasteiger partial charge in [0, 0.05) is 19.6 Å². The molecule has 2 atom stereocenters. The predicted octanol–water partition coefficient (Wildman–Crippen LogP) is 6.43. The monoisotopic (exact) mass is 575 g/mol. The highest BCUT2D eigenvalue weighted by molar-refractivity contribution is 6.03. The molecule has 0 aromatic heterocycles. The molecule has 3 rings (SSSR count). The molecule has 3 amide bonds. The summed E-state index contributed by atoms with van der Waals surface area (Å²) in [5.74, 6) is -0.218. The maximum Gasteiger partial charge on any atom is 0.338 e. The molecule has 0 saturated carbocycles. The number of rotatable bonds is 16. The van der Waals surface area contributed by atoms with Crippen LogP contribution < -0.4 is 10.1 Å². The number of benzene rings is 2. The van der Waals surface area contributed by atoms with Crippen molar-refractivity contribution in [1.82, 2.24) is 15.1 Å². The fourth-order valence-corrected chi connectivity index (χ4v) is 5.30. The molecule has 0 bridgehead atoms. The number of urea groups is 1. The smallest absolute Gasteiger partial charge is 0.338 e. The zero-order valence-corrected chi connectivity index (χ0v) is 25.4. The Morgan fingerprint density at radius 3 is 2.19 bits per heavy atom. The summed E-state index contributed by atoms with van der Waals surface area (Å²) < 4.78 is 11.7. The summed E-state index contributed by atoms with van der Waals surface area (Å²) in [6.07, 6.45) is 5.51. The first-order valence-electron chi connectivity index (χ1n) is 14.8. The highest BCUT2D eigenvalue weighted by Crippen LogP contribution is 2.46. The molecule has 1 fully saturated rings. The summed E-state index contributed by atoms with van der Waals surface area (Å²) in [7, 11) is 0. The Kier molecular flexibility index (Phi) is 11.9. The minimum absolute atomic E-state index is 0.222. The van der Waals surface area contributed by atoms with Gasteiger partial charge in [-0.15, -0.1) is 13.2 Å². The van der Waals surface area contributed by atoms with Crippen molar-refractivity contribution in [3.63, 3.8) is 0 Å². The second kappa shape index (κ2) is 15.4. The molecule has 1 aliphatic rings. The van der Waals surface area contributed by atoms with Gasteiger partial charge in [-0.2, -0.15) is 0 Å². The molecule has 8 nitrogen and oxygen atoms in total. The SMILES string of the molecule is C=CCN(CC=C)CCOC(=O)c1ccc(O[C@@H]2N(C(=O)N[C@@H](CCC)c3ccc(C)cc3)C(=O)C2(CC)CC)cc1. The molecule has 1 aliphatic heterocycles. The predicted molar refractivity (Wildman–Crippen MR) is 165 cm³/mol. The number of aryl methyl sites for hydroxylation is 1. The molecule has 8 heteroatoms. The number of amides is 3. The number of hydrogen-bond donors (Lipinski definition) is 1. The number of nitrogens with zero attached hydrogens (tertiary/aromatic N) is 2. The number of hydrogen-bond acceptors (Lipinski definition) is 6. The van der Waals surface area contributed by atoms with Crippen molar-refractivity contribution in [2.24, 2.45) is 5.41 Å². The van der Waals surface area contributed by atoms with Crippen LogP contribution in [0.4, 0.5) is 4.79 Å². The number of β-lactam (4-membered cyclic amide) rings is 1. The fourth-order valence-electron chi connectivity index (χ4n) is 5.30. The molecular weight excluding hydrogens is 530 g/mol. The Morgan fingerprint density at radius 2 is 1.64 bits per heavy atom. The largest absolute Gasteiger partial charge is 0.469 e. The van der Waals surface area contributed by atoms with Gasteiger partial charge in [0.15, 0.2) is 6.23 Å². The topological polar surface area (TPSA) is 88.2 Å².